The van der Waals surface area contributed by atoms with Gasteiger partial charge < -0.3 is 20.0 Å². The maximum atomic E-state index is 12.3. The van der Waals surface area contributed by atoms with E-state index in [0.717, 1.165) is 44.2 Å². The predicted molar refractivity (Wildman–Crippen MR) is 123 cm³/mol. The highest BCUT2D eigenvalue weighted by Crippen LogP contribution is 2.35. The molecule has 7 nitrogen and oxygen atoms in total. The summed E-state index contributed by atoms with van der Waals surface area (Å²) in [5.74, 6) is -1.41. The van der Waals surface area contributed by atoms with Gasteiger partial charge >= 0.3 is 11.9 Å². The van der Waals surface area contributed by atoms with E-state index in [4.69, 9.17) is 19.8 Å². The van der Waals surface area contributed by atoms with Gasteiger partial charge in [0, 0.05) is 31.7 Å². The highest BCUT2D eigenvalue weighted by molar-refractivity contribution is 6.27. The highest BCUT2D eigenvalue weighted by Gasteiger charge is 2.30. The molecule has 0 radical (unpaired) electrons. The van der Waals surface area contributed by atoms with Crippen molar-refractivity contribution in [1.82, 2.24) is 4.90 Å². The van der Waals surface area contributed by atoms with Crippen LogP contribution in [-0.4, -0.2) is 59.1 Å². The first-order chi connectivity index (χ1) is 15.5. The number of rotatable bonds is 5. The Hall–Kier alpha value is -2.41. The number of hydrogen-bond acceptors (Lipinski definition) is 4. The van der Waals surface area contributed by atoms with Gasteiger partial charge in [-0.1, -0.05) is 50.3 Å². The lowest BCUT2D eigenvalue weighted by molar-refractivity contribution is -0.159. The fourth-order valence-electron chi connectivity index (χ4n) is 5.38. The molecule has 7 heteroatoms. The van der Waals surface area contributed by atoms with Gasteiger partial charge in [0.05, 0.1) is 0 Å². The van der Waals surface area contributed by atoms with E-state index < -0.39 is 11.9 Å². The maximum Gasteiger partial charge on any atom is 0.414 e. The van der Waals surface area contributed by atoms with E-state index in [1.807, 2.05) is 4.90 Å². The summed E-state index contributed by atoms with van der Waals surface area (Å²) in [7, 11) is 0. The zero-order valence-electron chi connectivity index (χ0n) is 18.9. The molecule has 0 aromatic heterocycles. The van der Waals surface area contributed by atoms with Crippen LogP contribution in [0.5, 0.6) is 0 Å². The van der Waals surface area contributed by atoms with Crippen molar-refractivity contribution in [2.45, 2.75) is 64.2 Å². The maximum absolute atomic E-state index is 12.3. The number of carbonyl (C=O) groups is 3. The van der Waals surface area contributed by atoms with Gasteiger partial charge in [-0.2, -0.15) is 0 Å². The minimum absolute atomic E-state index is 0.308. The molecule has 2 aliphatic heterocycles. The minimum atomic E-state index is -1.82. The van der Waals surface area contributed by atoms with Crippen LogP contribution in [0.25, 0.3) is 0 Å². The van der Waals surface area contributed by atoms with Crippen LogP contribution < -0.4 is 4.90 Å². The molecule has 1 aliphatic carbocycles. The van der Waals surface area contributed by atoms with Crippen molar-refractivity contribution in [2.24, 2.45) is 11.8 Å². The first-order valence-corrected chi connectivity index (χ1v) is 12.0. The molecule has 1 unspecified atom stereocenters. The number of likely N-dealkylation sites (tertiary alicyclic amines) is 1. The number of benzene rings is 1. The molecular formula is C25H36N2O5. The lowest BCUT2D eigenvalue weighted by Gasteiger charge is -2.29. The summed E-state index contributed by atoms with van der Waals surface area (Å²) in [6.07, 6.45) is 12.7. The van der Waals surface area contributed by atoms with Crippen molar-refractivity contribution in [3.05, 3.63) is 29.8 Å². The topological polar surface area (TPSA) is 98.1 Å². The van der Waals surface area contributed by atoms with Gasteiger partial charge in [0.2, 0.25) is 5.91 Å². The zero-order valence-corrected chi connectivity index (χ0v) is 18.9. The Balaban J connectivity index is 0.000000427. The Morgan fingerprint density at radius 1 is 0.875 bits per heavy atom. The molecule has 3 aliphatic rings. The molecule has 2 N–H and O–H groups in total. The van der Waals surface area contributed by atoms with Crippen molar-refractivity contribution in [1.29, 1.82) is 0 Å². The highest BCUT2D eigenvalue weighted by atomic mass is 16.4. The quantitative estimate of drug-likeness (QED) is 0.671. The molecule has 1 saturated carbocycles. The predicted octanol–water partition coefficient (Wildman–Crippen LogP) is 3.80. The second kappa shape index (κ2) is 12.0. The van der Waals surface area contributed by atoms with Crippen molar-refractivity contribution in [3.8, 4) is 0 Å². The van der Waals surface area contributed by atoms with Crippen LogP contribution in [0.15, 0.2) is 24.3 Å². The van der Waals surface area contributed by atoms with Gasteiger partial charge in [-0.15, -0.1) is 0 Å². The van der Waals surface area contributed by atoms with Crippen LogP contribution in [0.4, 0.5) is 5.69 Å². The first-order valence-electron chi connectivity index (χ1n) is 12.0. The fourth-order valence-corrected chi connectivity index (χ4v) is 5.38. The van der Waals surface area contributed by atoms with E-state index in [1.165, 1.54) is 62.9 Å². The number of hydrogen-bond donors (Lipinski definition) is 2. The molecule has 1 aromatic rings. The number of aliphatic carboxylic acids is 2. The average Bonchev–Trinajstić information content (AvgIpc) is 3.28. The largest absolute Gasteiger partial charge is 0.473 e. The van der Waals surface area contributed by atoms with E-state index in [-0.39, 0.29) is 0 Å². The summed E-state index contributed by atoms with van der Waals surface area (Å²) in [6.45, 7) is 4.60. The Morgan fingerprint density at radius 3 is 2.28 bits per heavy atom. The molecular weight excluding hydrogens is 408 g/mol. The average molecular weight is 445 g/mol. The fraction of sp³-hybridized carbons (Fsp3) is 0.640. The van der Waals surface area contributed by atoms with Crippen LogP contribution in [0, 0.1) is 11.8 Å². The normalized spacial score (nSPS) is 22.3. The summed E-state index contributed by atoms with van der Waals surface area (Å²) in [4.78, 5) is 35.3. The summed E-state index contributed by atoms with van der Waals surface area (Å²) in [5, 5.41) is 14.8. The SMILES string of the molecule is O=C(O)C(=O)O.O=C1CCCCN1c1ccccc1CCN1CCC(C2CCCCC2)C1. The van der Waals surface area contributed by atoms with Crippen molar-refractivity contribution in [3.63, 3.8) is 0 Å². The minimum Gasteiger partial charge on any atom is -0.473 e. The Bertz CT molecular complexity index is 778. The molecule has 4 rings (SSSR count). The molecule has 3 fully saturated rings. The van der Waals surface area contributed by atoms with Crippen molar-refractivity contribution < 1.29 is 24.6 Å². The Labute approximate surface area is 190 Å². The van der Waals surface area contributed by atoms with Gasteiger partial charge in [0.15, 0.2) is 0 Å². The molecule has 176 valence electrons. The number of piperidine rings is 1. The van der Waals surface area contributed by atoms with E-state index in [9.17, 15) is 4.79 Å². The monoisotopic (exact) mass is 444 g/mol. The number of carbonyl (C=O) groups excluding carboxylic acids is 1. The number of anilines is 1. The molecule has 1 aromatic carbocycles. The summed E-state index contributed by atoms with van der Waals surface area (Å²) < 4.78 is 0. The van der Waals surface area contributed by atoms with Crippen LogP contribution in [-0.2, 0) is 20.8 Å². The van der Waals surface area contributed by atoms with Crippen LogP contribution in [0.2, 0.25) is 0 Å². The van der Waals surface area contributed by atoms with Gasteiger partial charge in [0.25, 0.3) is 0 Å². The molecule has 32 heavy (non-hydrogen) atoms. The van der Waals surface area contributed by atoms with Gasteiger partial charge in [-0.3, -0.25) is 4.79 Å². The van der Waals surface area contributed by atoms with E-state index in [1.54, 1.807) is 0 Å². The summed E-state index contributed by atoms with van der Waals surface area (Å²) in [5.41, 5.74) is 2.52. The second-order valence-electron chi connectivity index (χ2n) is 9.24. The van der Waals surface area contributed by atoms with E-state index in [0.29, 0.717) is 12.3 Å². The zero-order chi connectivity index (χ0) is 22.9. The smallest absolute Gasteiger partial charge is 0.414 e. The number of carboxylic acids is 2. The lowest BCUT2D eigenvalue weighted by Crippen LogP contribution is -2.36. The van der Waals surface area contributed by atoms with Gasteiger partial charge in [-0.25, -0.2) is 9.59 Å². The van der Waals surface area contributed by atoms with Crippen LogP contribution in [0.1, 0.15) is 63.4 Å². The number of nitrogens with zero attached hydrogens (tertiary/aromatic N) is 2. The molecule has 0 bridgehead atoms. The number of amides is 1. The summed E-state index contributed by atoms with van der Waals surface area (Å²) in [6, 6.07) is 8.58. The van der Waals surface area contributed by atoms with Crippen LogP contribution in [0.3, 0.4) is 0 Å². The van der Waals surface area contributed by atoms with Crippen molar-refractivity contribution in [2.75, 3.05) is 31.1 Å². The third kappa shape index (κ3) is 6.79. The summed E-state index contributed by atoms with van der Waals surface area (Å²) >= 11 is 0. The first kappa shape index (κ1) is 24.2. The van der Waals surface area contributed by atoms with Gasteiger partial charge in [0.1, 0.15) is 0 Å². The second-order valence-corrected chi connectivity index (χ2v) is 9.24. The van der Waals surface area contributed by atoms with E-state index >= 15 is 0 Å². The number of para-hydroxylation sites is 1. The number of carboxylic acid groups (broad SMARTS) is 2. The molecule has 2 saturated heterocycles. The lowest BCUT2D eigenvalue weighted by atomic mass is 9.80. The third-order valence-electron chi connectivity index (χ3n) is 7.11. The van der Waals surface area contributed by atoms with Crippen LogP contribution >= 0.6 is 0 Å². The standard InChI is InChI=1S/C23H34N2O.C2H2O4/c26-23-12-6-7-15-25(23)22-11-5-4-10-20(22)13-16-24-17-14-21(18-24)19-8-2-1-3-9-19;3-1(4)2(5)6/h4-5,10-11,19,21H,1-3,6-9,12-18H2;(H,3,4)(H,5,6). The van der Waals surface area contributed by atoms with Gasteiger partial charge in [-0.05, 0) is 55.7 Å². The van der Waals surface area contributed by atoms with E-state index in [2.05, 4.69) is 29.2 Å². The molecule has 1 atom stereocenters. The molecule has 1 amide bonds. The Morgan fingerprint density at radius 2 is 1.59 bits per heavy atom. The molecule has 2 heterocycles. The Kier molecular flexibility index (Phi) is 9.09. The van der Waals surface area contributed by atoms with Crippen molar-refractivity contribution >= 4 is 23.5 Å². The third-order valence-corrected chi connectivity index (χ3v) is 7.11. The molecule has 0 spiro atoms.